The molecule has 1 aliphatic rings. The molecular weight excluding hydrogens is 312 g/mol. The Morgan fingerprint density at radius 2 is 2.00 bits per heavy atom. The van der Waals surface area contributed by atoms with Gasteiger partial charge in [-0.2, -0.15) is 5.10 Å². The van der Waals surface area contributed by atoms with Gasteiger partial charge in [-0.25, -0.2) is 0 Å². The van der Waals surface area contributed by atoms with Gasteiger partial charge in [0.1, 0.15) is 0 Å². The summed E-state index contributed by atoms with van der Waals surface area (Å²) in [6.45, 7) is 4.55. The fraction of sp³-hybridized carbons (Fsp3) is 0.500. The molecule has 2 aromatic rings. The van der Waals surface area contributed by atoms with Gasteiger partial charge in [0.25, 0.3) is 5.91 Å². The third kappa shape index (κ3) is 4.48. The Labute approximate surface area is 150 Å². The minimum Gasteiger partial charge on any atom is -0.334 e. The number of likely N-dealkylation sites (tertiary alicyclic amines) is 1. The number of benzene rings is 1. The lowest BCUT2D eigenvalue weighted by Crippen LogP contribution is -2.45. The lowest BCUT2D eigenvalue weighted by atomic mass is 10.0. The quantitative estimate of drug-likeness (QED) is 0.840. The van der Waals surface area contributed by atoms with Crippen LogP contribution in [0.1, 0.15) is 40.7 Å². The van der Waals surface area contributed by atoms with Crippen molar-refractivity contribution in [1.29, 1.82) is 0 Å². The van der Waals surface area contributed by atoms with Crippen LogP contribution in [0, 0.1) is 6.92 Å². The molecule has 1 amide bonds. The molecule has 1 saturated heterocycles. The van der Waals surface area contributed by atoms with Crippen LogP contribution in [0.5, 0.6) is 0 Å². The van der Waals surface area contributed by atoms with E-state index in [0.29, 0.717) is 0 Å². The van der Waals surface area contributed by atoms with Crippen LogP contribution in [0.25, 0.3) is 0 Å². The molecule has 5 nitrogen and oxygen atoms in total. The predicted octanol–water partition coefficient (Wildman–Crippen LogP) is 2.95. The van der Waals surface area contributed by atoms with E-state index < -0.39 is 0 Å². The number of carbonyl (C=O) groups excluding carboxylic acids is 1. The number of carbonyl (C=O) groups is 1. The van der Waals surface area contributed by atoms with Crippen LogP contribution in [0.2, 0.25) is 0 Å². The monoisotopic (exact) mass is 340 g/mol. The van der Waals surface area contributed by atoms with Crippen LogP contribution in [-0.2, 0) is 13.1 Å². The van der Waals surface area contributed by atoms with E-state index in [4.69, 9.17) is 0 Å². The molecule has 0 radical (unpaired) electrons. The van der Waals surface area contributed by atoms with Gasteiger partial charge in [0.15, 0.2) is 0 Å². The summed E-state index contributed by atoms with van der Waals surface area (Å²) in [4.78, 5) is 17.2. The maximum absolute atomic E-state index is 13.0. The summed E-state index contributed by atoms with van der Waals surface area (Å²) in [6.07, 6.45) is 7.23. The molecule has 3 rings (SSSR count). The smallest absolute Gasteiger partial charge is 0.254 e. The highest BCUT2D eigenvalue weighted by Gasteiger charge is 2.27. The molecule has 1 atom stereocenters. The van der Waals surface area contributed by atoms with Crippen LogP contribution in [-0.4, -0.2) is 52.2 Å². The normalized spacial score (nSPS) is 17.9. The standard InChI is InChI=1S/C20H28N4O/c1-16-12-21-23(13-16)15-19-6-4-5-11-24(19)20(25)18-9-7-17(8-10-18)14-22(2)3/h7-10,12-13,19H,4-6,11,14-15H2,1-3H3/t19-/m0/s1. The second-order valence-electron chi connectivity index (χ2n) is 7.32. The van der Waals surface area contributed by atoms with Crippen molar-refractivity contribution in [3.63, 3.8) is 0 Å². The number of rotatable bonds is 5. The van der Waals surface area contributed by atoms with Crippen LogP contribution < -0.4 is 0 Å². The molecular formula is C20H28N4O. The largest absolute Gasteiger partial charge is 0.334 e. The Morgan fingerprint density at radius 3 is 2.64 bits per heavy atom. The summed E-state index contributed by atoms with van der Waals surface area (Å²) in [5.74, 6) is 0.144. The van der Waals surface area contributed by atoms with Crippen molar-refractivity contribution in [2.75, 3.05) is 20.6 Å². The van der Waals surface area contributed by atoms with Crippen LogP contribution in [0.3, 0.4) is 0 Å². The minimum atomic E-state index is 0.144. The molecule has 5 heteroatoms. The van der Waals surface area contributed by atoms with Crippen molar-refractivity contribution in [3.8, 4) is 0 Å². The summed E-state index contributed by atoms with van der Waals surface area (Å²) < 4.78 is 1.96. The van der Waals surface area contributed by atoms with Crippen molar-refractivity contribution in [2.45, 2.75) is 45.3 Å². The molecule has 1 aromatic carbocycles. The first-order chi connectivity index (χ1) is 12.0. The molecule has 0 unspecified atom stereocenters. The van der Waals surface area contributed by atoms with Gasteiger partial charge >= 0.3 is 0 Å². The number of hydrogen-bond donors (Lipinski definition) is 0. The van der Waals surface area contributed by atoms with Crippen LogP contribution >= 0.6 is 0 Å². The molecule has 0 saturated carbocycles. The SMILES string of the molecule is Cc1cnn(C[C@@H]2CCCCN2C(=O)c2ccc(CN(C)C)cc2)c1. The number of aromatic nitrogens is 2. The van der Waals surface area contributed by atoms with Gasteiger partial charge in [0.05, 0.1) is 18.8 Å². The van der Waals surface area contributed by atoms with Crippen molar-refractivity contribution >= 4 is 5.91 Å². The van der Waals surface area contributed by atoms with E-state index in [1.165, 1.54) is 12.0 Å². The number of hydrogen-bond acceptors (Lipinski definition) is 3. The predicted molar refractivity (Wildman–Crippen MR) is 99.5 cm³/mol. The first kappa shape index (κ1) is 17.7. The zero-order valence-electron chi connectivity index (χ0n) is 15.5. The zero-order valence-corrected chi connectivity index (χ0v) is 15.5. The molecule has 0 spiro atoms. The summed E-state index contributed by atoms with van der Waals surface area (Å²) >= 11 is 0. The fourth-order valence-electron chi connectivity index (χ4n) is 3.52. The van der Waals surface area contributed by atoms with Gasteiger partial charge in [0, 0.05) is 24.8 Å². The molecule has 1 aromatic heterocycles. The lowest BCUT2D eigenvalue weighted by molar-refractivity contribution is 0.0584. The maximum Gasteiger partial charge on any atom is 0.254 e. The topological polar surface area (TPSA) is 41.4 Å². The van der Waals surface area contributed by atoms with E-state index in [1.54, 1.807) is 0 Å². The number of nitrogens with zero attached hydrogens (tertiary/aromatic N) is 4. The fourth-order valence-corrected chi connectivity index (χ4v) is 3.52. The Morgan fingerprint density at radius 1 is 1.24 bits per heavy atom. The minimum absolute atomic E-state index is 0.144. The van der Waals surface area contributed by atoms with E-state index >= 15 is 0 Å². The van der Waals surface area contributed by atoms with E-state index in [-0.39, 0.29) is 11.9 Å². The van der Waals surface area contributed by atoms with Crippen molar-refractivity contribution in [3.05, 3.63) is 53.3 Å². The van der Waals surface area contributed by atoms with Gasteiger partial charge in [0.2, 0.25) is 0 Å². The van der Waals surface area contributed by atoms with Crippen LogP contribution in [0.4, 0.5) is 0 Å². The van der Waals surface area contributed by atoms with Gasteiger partial charge in [-0.05, 0) is 63.5 Å². The van der Waals surface area contributed by atoms with Crippen molar-refractivity contribution in [1.82, 2.24) is 19.6 Å². The molecule has 134 valence electrons. The van der Waals surface area contributed by atoms with E-state index in [0.717, 1.165) is 43.6 Å². The number of amides is 1. The second-order valence-corrected chi connectivity index (χ2v) is 7.32. The highest BCUT2D eigenvalue weighted by Crippen LogP contribution is 2.21. The highest BCUT2D eigenvalue weighted by atomic mass is 16.2. The van der Waals surface area contributed by atoms with Crippen molar-refractivity contribution in [2.24, 2.45) is 0 Å². The van der Waals surface area contributed by atoms with Crippen molar-refractivity contribution < 1.29 is 4.79 Å². The molecule has 0 N–H and O–H groups in total. The van der Waals surface area contributed by atoms with Gasteiger partial charge in [-0.15, -0.1) is 0 Å². The summed E-state index contributed by atoms with van der Waals surface area (Å²) in [5.41, 5.74) is 3.17. The average Bonchev–Trinajstić information content (AvgIpc) is 3.00. The van der Waals surface area contributed by atoms with Gasteiger partial charge < -0.3 is 9.80 Å². The van der Waals surface area contributed by atoms with E-state index in [9.17, 15) is 4.79 Å². The van der Waals surface area contributed by atoms with Crippen LogP contribution in [0.15, 0.2) is 36.7 Å². The Bertz CT molecular complexity index is 705. The summed E-state index contributed by atoms with van der Waals surface area (Å²) in [6, 6.07) is 8.27. The first-order valence-electron chi connectivity index (χ1n) is 9.06. The molecule has 0 bridgehead atoms. The zero-order chi connectivity index (χ0) is 17.8. The number of aryl methyl sites for hydroxylation is 1. The molecule has 0 aliphatic carbocycles. The Kier molecular flexibility index (Phi) is 5.53. The van der Waals surface area contributed by atoms with E-state index in [2.05, 4.69) is 22.1 Å². The third-order valence-electron chi connectivity index (χ3n) is 4.75. The molecule has 1 fully saturated rings. The maximum atomic E-state index is 13.0. The van der Waals surface area contributed by atoms with E-state index in [1.807, 2.05) is 55.1 Å². The Balaban J connectivity index is 1.71. The average molecular weight is 340 g/mol. The van der Waals surface area contributed by atoms with Gasteiger partial charge in [-0.1, -0.05) is 12.1 Å². The second kappa shape index (κ2) is 7.83. The molecule has 25 heavy (non-hydrogen) atoms. The first-order valence-corrected chi connectivity index (χ1v) is 9.06. The summed E-state index contributed by atoms with van der Waals surface area (Å²) in [7, 11) is 4.10. The summed E-state index contributed by atoms with van der Waals surface area (Å²) in [5, 5.41) is 4.39. The molecule has 1 aliphatic heterocycles. The van der Waals surface area contributed by atoms with Gasteiger partial charge in [-0.3, -0.25) is 9.48 Å². The third-order valence-corrected chi connectivity index (χ3v) is 4.75. The lowest BCUT2D eigenvalue weighted by Gasteiger charge is -2.36. The molecule has 2 heterocycles. The Hall–Kier alpha value is -2.14. The highest BCUT2D eigenvalue weighted by molar-refractivity contribution is 5.94. The number of piperidine rings is 1.